The third-order valence-electron chi connectivity index (χ3n) is 5.21. The van der Waals surface area contributed by atoms with Crippen molar-refractivity contribution in [1.82, 2.24) is 20.2 Å². The summed E-state index contributed by atoms with van der Waals surface area (Å²) in [4.78, 5) is 24.2. The predicted molar refractivity (Wildman–Crippen MR) is 128 cm³/mol. The van der Waals surface area contributed by atoms with Gasteiger partial charge in [-0.15, -0.1) is 0 Å². The first-order chi connectivity index (χ1) is 15.9. The summed E-state index contributed by atoms with van der Waals surface area (Å²) >= 11 is 1.45. The molecule has 4 rings (SSSR count). The van der Waals surface area contributed by atoms with Crippen LogP contribution in [0.3, 0.4) is 0 Å². The largest absolute Gasteiger partial charge is 0.490 e. The number of methoxy groups -OCH3 is 1. The average molecular weight is 469 g/mol. The van der Waals surface area contributed by atoms with Crippen molar-refractivity contribution in [3.63, 3.8) is 0 Å². The van der Waals surface area contributed by atoms with E-state index in [0.717, 1.165) is 16.2 Å². The van der Waals surface area contributed by atoms with Gasteiger partial charge in [0.1, 0.15) is 5.78 Å². The number of hydrogen-bond acceptors (Lipinski definition) is 9. The molecule has 0 amide bonds. The van der Waals surface area contributed by atoms with Crippen molar-refractivity contribution in [3.8, 4) is 5.75 Å². The minimum Gasteiger partial charge on any atom is -0.490 e. The highest BCUT2D eigenvalue weighted by molar-refractivity contribution is 7.99. The Kier molecular flexibility index (Phi) is 7.14. The lowest BCUT2D eigenvalue weighted by atomic mass is 10.1. The smallest absolute Gasteiger partial charge is 0.204 e. The molecule has 0 radical (unpaired) electrons. The summed E-state index contributed by atoms with van der Waals surface area (Å²) in [6.07, 6.45) is 0.431. The second-order valence-corrected chi connectivity index (χ2v) is 9.06. The highest BCUT2D eigenvalue weighted by Gasteiger charge is 2.27. The number of carbonyl (C=O) groups is 1. The van der Waals surface area contributed by atoms with Crippen LogP contribution < -0.4 is 15.0 Å². The van der Waals surface area contributed by atoms with Crippen LogP contribution in [-0.2, 0) is 16.0 Å². The Bertz CT molecular complexity index is 1120. The van der Waals surface area contributed by atoms with Gasteiger partial charge < -0.3 is 19.7 Å². The van der Waals surface area contributed by atoms with Gasteiger partial charge in [-0.25, -0.2) is 9.97 Å². The number of ketones is 1. The summed E-state index contributed by atoms with van der Waals surface area (Å²) in [6.45, 7) is 7.59. The monoisotopic (exact) mass is 468 g/mol. The van der Waals surface area contributed by atoms with Crippen LogP contribution in [0.5, 0.6) is 5.75 Å². The number of anilines is 3. The quantitative estimate of drug-likeness (QED) is 0.478. The molecule has 33 heavy (non-hydrogen) atoms. The van der Waals surface area contributed by atoms with E-state index >= 15 is 0 Å². The molecular weight excluding hydrogens is 440 g/mol. The number of benzene rings is 1. The molecule has 1 fully saturated rings. The molecule has 3 heterocycles. The molecule has 9 nitrogen and oxygen atoms in total. The first-order valence-corrected chi connectivity index (χ1v) is 11.6. The second kappa shape index (κ2) is 10.2. The Morgan fingerprint density at radius 2 is 2.12 bits per heavy atom. The van der Waals surface area contributed by atoms with E-state index in [0.29, 0.717) is 54.5 Å². The van der Waals surface area contributed by atoms with E-state index in [1.807, 2.05) is 37.3 Å². The Labute approximate surface area is 197 Å². The van der Waals surface area contributed by atoms with Crippen molar-refractivity contribution in [2.75, 3.05) is 37.1 Å². The first-order valence-electron chi connectivity index (χ1n) is 10.8. The first kappa shape index (κ1) is 23.1. The third-order valence-corrected chi connectivity index (χ3v) is 6.08. The molecule has 2 aromatic heterocycles. The molecule has 0 aliphatic carbocycles. The van der Waals surface area contributed by atoms with Gasteiger partial charge in [-0.3, -0.25) is 9.89 Å². The summed E-state index contributed by atoms with van der Waals surface area (Å²) in [7, 11) is 1.62. The number of aryl methyl sites for hydroxylation is 1. The van der Waals surface area contributed by atoms with E-state index in [-0.39, 0.29) is 11.8 Å². The molecule has 1 saturated heterocycles. The minimum absolute atomic E-state index is 0.141. The van der Waals surface area contributed by atoms with Gasteiger partial charge in [0.05, 0.1) is 26.4 Å². The van der Waals surface area contributed by atoms with Gasteiger partial charge in [0.2, 0.25) is 5.75 Å². The van der Waals surface area contributed by atoms with Crippen LogP contribution in [0.15, 0.2) is 40.4 Å². The van der Waals surface area contributed by atoms with Gasteiger partial charge >= 0.3 is 0 Å². The Balaban J connectivity index is 1.70. The van der Waals surface area contributed by atoms with Gasteiger partial charge in [0.25, 0.3) is 0 Å². The zero-order valence-electron chi connectivity index (χ0n) is 19.2. The number of Topliss-reactive ketones (excluding diaryl/α,β-unsaturated/α-hetero) is 1. The maximum absolute atomic E-state index is 11.4. The van der Waals surface area contributed by atoms with Crippen LogP contribution in [-0.4, -0.2) is 58.9 Å². The Morgan fingerprint density at radius 1 is 1.33 bits per heavy atom. The summed E-state index contributed by atoms with van der Waals surface area (Å²) in [5, 5.41) is 11.1. The molecule has 10 heteroatoms. The van der Waals surface area contributed by atoms with Gasteiger partial charge in [0.15, 0.2) is 22.6 Å². The Morgan fingerprint density at radius 3 is 2.76 bits per heavy atom. The molecule has 2 N–H and O–H groups in total. The van der Waals surface area contributed by atoms with E-state index in [1.165, 1.54) is 11.8 Å². The lowest BCUT2D eigenvalue weighted by Gasteiger charge is -2.35. The molecule has 1 aliphatic heterocycles. The minimum atomic E-state index is 0.141. The maximum atomic E-state index is 11.4. The highest BCUT2D eigenvalue weighted by atomic mass is 32.2. The van der Waals surface area contributed by atoms with Gasteiger partial charge in [-0.2, -0.15) is 5.10 Å². The maximum Gasteiger partial charge on any atom is 0.204 e. The number of nitrogens with one attached hydrogen (secondary N) is 2. The van der Waals surface area contributed by atoms with Gasteiger partial charge in [-0.1, -0.05) is 12.1 Å². The molecule has 1 aromatic carbocycles. The van der Waals surface area contributed by atoms with Crippen molar-refractivity contribution in [2.24, 2.45) is 0 Å². The van der Waals surface area contributed by atoms with Crippen LogP contribution >= 0.6 is 11.8 Å². The highest BCUT2D eigenvalue weighted by Crippen LogP contribution is 2.39. The SMILES string of the molecule is COc1c(Nc2cc(C)[nH]n2)nc(Sc2ccc(CC(C)=O)cc2)nc1N1CCOC[C@@H]1C. The number of aromatic amines is 1. The van der Waals surface area contributed by atoms with Crippen LogP contribution in [0.1, 0.15) is 25.1 Å². The standard InChI is InChI=1S/C23H28N6O3S/c1-14-11-19(28-27-14)24-21-20(31-4)22(29-9-10-32-13-15(29)2)26-23(25-21)33-18-7-5-17(6-8-18)12-16(3)30/h5-8,11,15H,9-10,12-13H2,1-4H3,(H2,24,25,26,27,28)/t15-/m0/s1. The van der Waals surface area contributed by atoms with E-state index in [9.17, 15) is 4.79 Å². The van der Waals surface area contributed by atoms with Crippen LogP contribution in [0.4, 0.5) is 17.5 Å². The van der Waals surface area contributed by atoms with Crippen LogP contribution in [0.2, 0.25) is 0 Å². The number of nitrogens with zero attached hydrogens (tertiary/aromatic N) is 4. The van der Waals surface area contributed by atoms with Crippen molar-refractivity contribution in [3.05, 3.63) is 41.6 Å². The summed E-state index contributed by atoms with van der Waals surface area (Å²) in [5.74, 6) is 2.61. The molecular formula is C23H28N6O3S. The third kappa shape index (κ3) is 5.63. The van der Waals surface area contributed by atoms with Crippen LogP contribution in [0.25, 0.3) is 0 Å². The van der Waals surface area contributed by atoms with Crippen molar-refractivity contribution in [1.29, 1.82) is 0 Å². The number of morpholine rings is 1. The summed E-state index contributed by atoms with van der Waals surface area (Å²) in [5.41, 5.74) is 1.93. The van der Waals surface area contributed by atoms with E-state index in [1.54, 1.807) is 14.0 Å². The average Bonchev–Trinajstić information content (AvgIpc) is 3.19. The fourth-order valence-electron chi connectivity index (χ4n) is 3.65. The lowest BCUT2D eigenvalue weighted by Crippen LogP contribution is -2.44. The van der Waals surface area contributed by atoms with Crippen molar-refractivity contribution in [2.45, 2.75) is 43.3 Å². The van der Waals surface area contributed by atoms with E-state index in [4.69, 9.17) is 19.4 Å². The van der Waals surface area contributed by atoms with Crippen molar-refractivity contribution < 1.29 is 14.3 Å². The molecule has 1 aliphatic rings. The van der Waals surface area contributed by atoms with Gasteiger partial charge in [-0.05, 0) is 50.2 Å². The fraction of sp³-hybridized carbons (Fsp3) is 0.391. The molecule has 0 bridgehead atoms. The second-order valence-electron chi connectivity index (χ2n) is 8.01. The summed E-state index contributed by atoms with van der Waals surface area (Å²) in [6, 6.07) is 9.94. The number of rotatable bonds is 8. The lowest BCUT2D eigenvalue weighted by molar-refractivity contribution is -0.116. The number of carbonyl (C=O) groups excluding carboxylic acids is 1. The predicted octanol–water partition coefficient (Wildman–Crippen LogP) is 3.77. The number of hydrogen-bond donors (Lipinski definition) is 2. The zero-order chi connectivity index (χ0) is 23.4. The molecule has 3 aromatic rings. The van der Waals surface area contributed by atoms with E-state index in [2.05, 4.69) is 27.3 Å². The Hall–Kier alpha value is -3.11. The van der Waals surface area contributed by atoms with Crippen molar-refractivity contribution >= 4 is 35.0 Å². The molecule has 1 atom stereocenters. The summed E-state index contributed by atoms with van der Waals surface area (Å²) < 4.78 is 11.4. The normalized spacial score (nSPS) is 16.0. The van der Waals surface area contributed by atoms with Crippen LogP contribution in [0, 0.1) is 6.92 Å². The fourth-order valence-corrected chi connectivity index (χ4v) is 4.40. The zero-order valence-corrected chi connectivity index (χ0v) is 20.0. The van der Waals surface area contributed by atoms with Gasteiger partial charge in [0, 0.05) is 29.6 Å². The number of ether oxygens (including phenoxy) is 2. The number of aromatic nitrogens is 4. The molecule has 0 saturated carbocycles. The molecule has 0 unspecified atom stereocenters. The molecule has 174 valence electrons. The van der Waals surface area contributed by atoms with E-state index < -0.39 is 0 Å². The molecule has 0 spiro atoms. The number of H-pyrrole nitrogens is 1. The topological polar surface area (TPSA) is 105 Å².